The number of anilines is 1. The lowest BCUT2D eigenvalue weighted by molar-refractivity contribution is 0.414. The van der Waals surface area contributed by atoms with Crippen LogP contribution in [0.15, 0.2) is 61.2 Å². The largest absolute Gasteiger partial charge is 0.497 e. The summed E-state index contributed by atoms with van der Waals surface area (Å²) in [7, 11) is 1.67. The quantitative estimate of drug-likeness (QED) is 0.364. The number of ether oxygens (including phenoxy) is 1. The molecule has 2 aromatic carbocycles. The van der Waals surface area contributed by atoms with Crippen LogP contribution in [-0.2, 0) is 13.0 Å². The monoisotopic (exact) mass is 485 g/mol. The highest BCUT2D eigenvalue weighted by molar-refractivity contribution is 6.34. The van der Waals surface area contributed by atoms with Crippen molar-refractivity contribution in [3.05, 3.63) is 77.7 Å². The standard InChI is InChI=1S/C24H20ClN9O/c1-35-16-6-4-5-15(11-16)9-10-26-22-20-24(28-13-27-22)33(14-29-20)12-19-30-31-23-18-8-3-2-7-17(18)21(25)32-34(19)23/h2-8,11,13-14H,9-10,12H2,1H3,(H,26,27,28). The Balaban J connectivity index is 1.26. The molecule has 0 saturated carbocycles. The minimum atomic E-state index is 0.375. The van der Waals surface area contributed by atoms with E-state index in [1.54, 1.807) is 18.0 Å². The fourth-order valence-corrected chi connectivity index (χ4v) is 4.36. The summed E-state index contributed by atoms with van der Waals surface area (Å²) < 4.78 is 8.87. The van der Waals surface area contributed by atoms with Gasteiger partial charge in [-0.15, -0.1) is 10.2 Å². The number of methoxy groups -OCH3 is 1. The van der Waals surface area contributed by atoms with Crippen molar-refractivity contribution in [3.63, 3.8) is 0 Å². The zero-order valence-corrected chi connectivity index (χ0v) is 19.5. The zero-order valence-electron chi connectivity index (χ0n) is 18.8. The van der Waals surface area contributed by atoms with Gasteiger partial charge in [0.2, 0.25) is 0 Å². The summed E-state index contributed by atoms with van der Waals surface area (Å²) in [4.78, 5) is 13.4. The molecule has 0 unspecified atom stereocenters. The third-order valence-electron chi connectivity index (χ3n) is 5.84. The number of hydrogen-bond donors (Lipinski definition) is 1. The molecule has 0 atom stereocenters. The lowest BCUT2D eigenvalue weighted by atomic mass is 10.1. The SMILES string of the molecule is COc1cccc(CCNc2ncnc3c2ncn3Cc2nnc3c4ccccc4c(Cl)nn23)c1. The van der Waals surface area contributed by atoms with Gasteiger partial charge in [0.25, 0.3) is 0 Å². The Labute approximate surface area is 204 Å². The van der Waals surface area contributed by atoms with Crippen LogP contribution in [0.3, 0.4) is 0 Å². The summed E-state index contributed by atoms with van der Waals surface area (Å²) in [5, 5.41) is 18.7. The molecule has 4 heterocycles. The van der Waals surface area contributed by atoms with Crippen LogP contribution < -0.4 is 10.1 Å². The molecule has 0 bridgehead atoms. The van der Waals surface area contributed by atoms with E-state index >= 15 is 0 Å². The summed E-state index contributed by atoms with van der Waals surface area (Å²) in [5.74, 6) is 2.14. The van der Waals surface area contributed by atoms with Gasteiger partial charge in [-0.2, -0.15) is 9.61 Å². The highest BCUT2D eigenvalue weighted by Crippen LogP contribution is 2.25. The number of rotatable bonds is 7. The molecule has 0 amide bonds. The molecule has 0 spiro atoms. The molecule has 6 aromatic rings. The molecule has 4 aromatic heterocycles. The van der Waals surface area contributed by atoms with E-state index in [1.165, 1.54) is 11.9 Å². The second-order valence-corrected chi connectivity index (χ2v) is 8.34. The summed E-state index contributed by atoms with van der Waals surface area (Å²) in [5.41, 5.74) is 3.19. The van der Waals surface area contributed by atoms with Crippen LogP contribution in [0.25, 0.3) is 27.6 Å². The zero-order chi connectivity index (χ0) is 23.8. The Morgan fingerprint density at radius 3 is 2.74 bits per heavy atom. The van der Waals surface area contributed by atoms with Gasteiger partial charge in [0.15, 0.2) is 28.1 Å². The van der Waals surface area contributed by atoms with E-state index in [1.807, 2.05) is 47.0 Å². The van der Waals surface area contributed by atoms with Crippen molar-refractivity contribution in [2.75, 3.05) is 19.0 Å². The van der Waals surface area contributed by atoms with E-state index in [2.05, 4.69) is 41.6 Å². The molecular weight excluding hydrogens is 466 g/mol. The minimum Gasteiger partial charge on any atom is -0.497 e. The van der Waals surface area contributed by atoms with Gasteiger partial charge in [0.05, 0.1) is 20.0 Å². The Bertz CT molecular complexity index is 1680. The number of halogens is 1. The van der Waals surface area contributed by atoms with Crippen molar-refractivity contribution < 1.29 is 4.74 Å². The van der Waals surface area contributed by atoms with Gasteiger partial charge in [0.1, 0.15) is 17.6 Å². The summed E-state index contributed by atoms with van der Waals surface area (Å²) in [6, 6.07) is 15.8. The molecule has 0 radical (unpaired) electrons. The van der Waals surface area contributed by atoms with Crippen molar-refractivity contribution in [1.82, 2.24) is 39.3 Å². The van der Waals surface area contributed by atoms with E-state index in [4.69, 9.17) is 16.3 Å². The van der Waals surface area contributed by atoms with Gasteiger partial charge in [0, 0.05) is 17.3 Å². The maximum absolute atomic E-state index is 6.43. The summed E-state index contributed by atoms with van der Waals surface area (Å²) in [6.45, 7) is 1.07. The van der Waals surface area contributed by atoms with Gasteiger partial charge in [-0.05, 0) is 24.1 Å². The van der Waals surface area contributed by atoms with Crippen LogP contribution in [0, 0.1) is 0 Å². The fraction of sp³-hybridized carbons (Fsp3) is 0.167. The molecule has 11 heteroatoms. The molecular formula is C24H20ClN9O. The topological polar surface area (TPSA) is 108 Å². The minimum absolute atomic E-state index is 0.375. The molecule has 35 heavy (non-hydrogen) atoms. The molecule has 0 saturated heterocycles. The van der Waals surface area contributed by atoms with Crippen molar-refractivity contribution in [2.24, 2.45) is 0 Å². The number of nitrogens with one attached hydrogen (secondary N) is 1. The number of imidazole rings is 1. The predicted octanol–water partition coefficient (Wildman–Crippen LogP) is 3.78. The van der Waals surface area contributed by atoms with Gasteiger partial charge in [-0.25, -0.2) is 15.0 Å². The van der Waals surface area contributed by atoms with E-state index in [0.29, 0.717) is 46.7 Å². The number of hydrogen-bond acceptors (Lipinski definition) is 8. The van der Waals surface area contributed by atoms with E-state index < -0.39 is 0 Å². The normalized spacial score (nSPS) is 11.5. The molecule has 174 valence electrons. The Hall–Kier alpha value is -4.31. The Morgan fingerprint density at radius 1 is 0.971 bits per heavy atom. The lowest BCUT2D eigenvalue weighted by Crippen LogP contribution is -2.08. The average molecular weight is 486 g/mol. The van der Waals surface area contributed by atoms with Gasteiger partial charge >= 0.3 is 0 Å². The van der Waals surface area contributed by atoms with E-state index in [-0.39, 0.29) is 0 Å². The van der Waals surface area contributed by atoms with Gasteiger partial charge in [-0.3, -0.25) is 0 Å². The van der Waals surface area contributed by atoms with Crippen molar-refractivity contribution >= 4 is 45.0 Å². The first-order valence-corrected chi connectivity index (χ1v) is 11.4. The molecule has 1 N–H and O–H groups in total. The number of nitrogens with zero attached hydrogens (tertiary/aromatic N) is 8. The van der Waals surface area contributed by atoms with E-state index in [0.717, 1.165) is 22.9 Å². The number of fused-ring (bicyclic) bond motifs is 4. The Kier molecular flexibility index (Phi) is 5.34. The second kappa shape index (κ2) is 8.80. The molecule has 0 aliphatic carbocycles. The molecule has 0 fully saturated rings. The van der Waals surface area contributed by atoms with Crippen molar-refractivity contribution in [3.8, 4) is 5.75 Å². The Morgan fingerprint density at radius 2 is 1.86 bits per heavy atom. The molecule has 0 aliphatic rings. The second-order valence-electron chi connectivity index (χ2n) is 7.98. The average Bonchev–Trinajstić information content (AvgIpc) is 3.49. The van der Waals surface area contributed by atoms with Crippen LogP contribution in [0.2, 0.25) is 5.15 Å². The first-order chi connectivity index (χ1) is 17.2. The van der Waals surface area contributed by atoms with E-state index in [9.17, 15) is 0 Å². The summed E-state index contributed by atoms with van der Waals surface area (Å²) >= 11 is 6.43. The molecule has 10 nitrogen and oxygen atoms in total. The first kappa shape index (κ1) is 21.2. The van der Waals surface area contributed by atoms with Crippen molar-refractivity contribution in [1.29, 1.82) is 0 Å². The smallest absolute Gasteiger partial charge is 0.185 e. The van der Waals surface area contributed by atoms with Crippen LogP contribution in [-0.4, -0.2) is 53.0 Å². The van der Waals surface area contributed by atoms with Crippen LogP contribution in [0.1, 0.15) is 11.4 Å². The third kappa shape index (κ3) is 3.87. The highest BCUT2D eigenvalue weighted by Gasteiger charge is 2.16. The van der Waals surface area contributed by atoms with Crippen LogP contribution in [0.4, 0.5) is 5.82 Å². The fourth-order valence-electron chi connectivity index (χ4n) is 4.11. The van der Waals surface area contributed by atoms with Gasteiger partial charge < -0.3 is 14.6 Å². The maximum Gasteiger partial charge on any atom is 0.185 e. The van der Waals surface area contributed by atoms with Crippen LogP contribution >= 0.6 is 11.6 Å². The van der Waals surface area contributed by atoms with Crippen LogP contribution in [0.5, 0.6) is 5.75 Å². The van der Waals surface area contributed by atoms with Gasteiger partial charge in [-0.1, -0.05) is 48.0 Å². The maximum atomic E-state index is 6.43. The lowest BCUT2D eigenvalue weighted by Gasteiger charge is -2.08. The molecule has 6 rings (SSSR count). The highest BCUT2D eigenvalue weighted by atomic mass is 35.5. The predicted molar refractivity (Wildman–Crippen MR) is 133 cm³/mol. The number of benzene rings is 2. The third-order valence-corrected chi connectivity index (χ3v) is 6.12. The summed E-state index contributed by atoms with van der Waals surface area (Å²) in [6.07, 6.45) is 4.06. The molecule has 0 aliphatic heterocycles. The van der Waals surface area contributed by atoms with Crippen molar-refractivity contribution in [2.45, 2.75) is 13.0 Å². The number of aromatic nitrogens is 8. The first-order valence-electron chi connectivity index (χ1n) is 11.0.